The maximum Gasteiger partial charge on any atom is 0.246 e. The van der Waals surface area contributed by atoms with Crippen LogP contribution >= 0.6 is 0 Å². The molecule has 0 aliphatic carbocycles. The number of aryl methyl sites for hydroxylation is 2. The van der Waals surface area contributed by atoms with E-state index in [4.69, 9.17) is 5.11 Å². The third-order valence-corrected chi connectivity index (χ3v) is 6.05. The van der Waals surface area contributed by atoms with E-state index in [0.29, 0.717) is 42.3 Å². The van der Waals surface area contributed by atoms with Gasteiger partial charge in [-0.2, -0.15) is 9.40 Å². The Morgan fingerprint density at radius 3 is 2.38 bits per heavy atom. The van der Waals surface area contributed by atoms with Crippen molar-refractivity contribution in [3.63, 3.8) is 0 Å². The molecule has 7 nitrogen and oxygen atoms in total. The molecule has 0 saturated carbocycles. The lowest BCUT2D eigenvalue weighted by Gasteiger charge is -2.31. The van der Waals surface area contributed by atoms with Crippen LogP contribution in [0, 0.1) is 13.8 Å². The summed E-state index contributed by atoms with van der Waals surface area (Å²) in [5.41, 5.74) is 1.18. The molecule has 1 aliphatic rings. The van der Waals surface area contributed by atoms with Crippen LogP contribution in [0.3, 0.4) is 0 Å². The Labute approximate surface area is 126 Å². The van der Waals surface area contributed by atoms with Crippen LogP contribution in [0.2, 0.25) is 0 Å². The van der Waals surface area contributed by atoms with E-state index < -0.39 is 10.0 Å². The predicted octanol–water partition coefficient (Wildman–Crippen LogP) is -0.182. The average Bonchev–Trinajstić information content (AvgIpc) is 2.72. The Morgan fingerprint density at radius 1 is 1.19 bits per heavy atom. The van der Waals surface area contributed by atoms with E-state index in [1.54, 1.807) is 22.8 Å². The molecular formula is C13H24N4O3S. The first-order valence-electron chi connectivity index (χ1n) is 7.21. The van der Waals surface area contributed by atoms with Crippen molar-refractivity contribution in [1.29, 1.82) is 0 Å². The van der Waals surface area contributed by atoms with Gasteiger partial charge in [-0.15, -0.1) is 0 Å². The largest absolute Gasteiger partial charge is 0.396 e. The van der Waals surface area contributed by atoms with Crippen molar-refractivity contribution in [2.24, 2.45) is 0 Å². The molecule has 0 bridgehead atoms. The number of likely N-dealkylation sites (N-methyl/N-ethyl adjacent to an activating group) is 1. The molecule has 8 heteroatoms. The van der Waals surface area contributed by atoms with Gasteiger partial charge in [-0.1, -0.05) is 0 Å². The van der Waals surface area contributed by atoms with Crippen LogP contribution in [0.25, 0.3) is 0 Å². The van der Waals surface area contributed by atoms with E-state index >= 15 is 0 Å². The SMILES string of the molecule is Cc1nn(CCCO)c(C)c1S(=O)(=O)N1CCN(C)CC1. The second-order valence-corrected chi connectivity index (χ2v) is 7.38. The van der Waals surface area contributed by atoms with Crippen LogP contribution < -0.4 is 0 Å². The van der Waals surface area contributed by atoms with Crippen molar-refractivity contribution >= 4 is 10.0 Å². The highest BCUT2D eigenvalue weighted by Gasteiger charge is 2.32. The number of hydrogen-bond donors (Lipinski definition) is 1. The molecule has 2 rings (SSSR count). The van der Waals surface area contributed by atoms with E-state index in [0.717, 1.165) is 13.1 Å². The topological polar surface area (TPSA) is 78.7 Å². The molecule has 1 fully saturated rings. The van der Waals surface area contributed by atoms with Gasteiger partial charge in [0.25, 0.3) is 0 Å². The van der Waals surface area contributed by atoms with Crippen LogP contribution in [-0.4, -0.2) is 72.3 Å². The number of rotatable bonds is 5. The molecule has 1 aromatic heterocycles. The monoisotopic (exact) mass is 316 g/mol. The quantitative estimate of drug-likeness (QED) is 0.815. The second-order valence-electron chi connectivity index (χ2n) is 5.51. The number of sulfonamides is 1. The smallest absolute Gasteiger partial charge is 0.246 e. The molecular weight excluding hydrogens is 292 g/mol. The number of nitrogens with zero attached hydrogens (tertiary/aromatic N) is 4. The molecule has 0 aromatic carbocycles. The Hall–Kier alpha value is -0.960. The minimum absolute atomic E-state index is 0.0683. The number of aliphatic hydroxyl groups excluding tert-OH is 1. The van der Waals surface area contributed by atoms with Gasteiger partial charge in [0.2, 0.25) is 10.0 Å². The molecule has 0 spiro atoms. The first-order chi connectivity index (χ1) is 9.87. The summed E-state index contributed by atoms with van der Waals surface area (Å²) in [4.78, 5) is 2.45. The predicted molar refractivity (Wildman–Crippen MR) is 79.7 cm³/mol. The van der Waals surface area contributed by atoms with E-state index in [9.17, 15) is 8.42 Å². The minimum Gasteiger partial charge on any atom is -0.396 e. The Morgan fingerprint density at radius 2 is 1.81 bits per heavy atom. The molecule has 2 heterocycles. The van der Waals surface area contributed by atoms with Gasteiger partial charge in [0, 0.05) is 39.3 Å². The van der Waals surface area contributed by atoms with Crippen molar-refractivity contribution in [3.05, 3.63) is 11.4 Å². The first kappa shape index (κ1) is 16.4. The Balaban J connectivity index is 2.29. The van der Waals surface area contributed by atoms with Crippen LogP contribution in [-0.2, 0) is 16.6 Å². The van der Waals surface area contributed by atoms with Gasteiger partial charge in [-0.05, 0) is 27.3 Å². The van der Waals surface area contributed by atoms with Crippen LogP contribution in [0.15, 0.2) is 4.90 Å². The highest BCUT2D eigenvalue weighted by molar-refractivity contribution is 7.89. The molecule has 0 radical (unpaired) electrons. The Bertz CT molecular complexity index is 589. The third-order valence-electron chi connectivity index (χ3n) is 3.90. The summed E-state index contributed by atoms with van der Waals surface area (Å²) >= 11 is 0. The molecule has 1 aliphatic heterocycles. The van der Waals surface area contributed by atoms with E-state index in [-0.39, 0.29) is 6.61 Å². The van der Waals surface area contributed by atoms with E-state index in [1.807, 2.05) is 7.05 Å². The van der Waals surface area contributed by atoms with E-state index in [2.05, 4.69) is 10.00 Å². The average molecular weight is 316 g/mol. The van der Waals surface area contributed by atoms with Crippen molar-refractivity contribution in [1.82, 2.24) is 19.0 Å². The van der Waals surface area contributed by atoms with Gasteiger partial charge in [-0.25, -0.2) is 8.42 Å². The number of aromatic nitrogens is 2. The van der Waals surface area contributed by atoms with Crippen LogP contribution in [0.5, 0.6) is 0 Å². The van der Waals surface area contributed by atoms with Crippen LogP contribution in [0.4, 0.5) is 0 Å². The van der Waals surface area contributed by atoms with Crippen molar-refractivity contribution < 1.29 is 13.5 Å². The summed E-state index contributed by atoms with van der Waals surface area (Å²) in [6, 6.07) is 0. The Kier molecular flexibility index (Phi) is 5.03. The molecule has 120 valence electrons. The molecule has 0 unspecified atom stereocenters. The zero-order valence-electron chi connectivity index (χ0n) is 12.9. The second kappa shape index (κ2) is 6.43. The fourth-order valence-electron chi connectivity index (χ4n) is 2.65. The lowest BCUT2D eigenvalue weighted by molar-refractivity contribution is 0.222. The maximum absolute atomic E-state index is 12.8. The fourth-order valence-corrected chi connectivity index (χ4v) is 4.44. The standard InChI is InChI=1S/C13H24N4O3S/c1-11-13(12(2)17(14-11)5-4-10-18)21(19,20)16-8-6-15(3)7-9-16/h18H,4-10H2,1-3H3. The van der Waals surface area contributed by atoms with E-state index in [1.165, 1.54) is 0 Å². The molecule has 1 saturated heterocycles. The highest BCUT2D eigenvalue weighted by atomic mass is 32.2. The van der Waals surface area contributed by atoms with Gasteiger partial charge in [0.05, 0.1) is 11.4 Å². The summed E-state index contributed by atoms with van der Waals surface area (Å²) in [6.07, 6.45) is 0.565. The molecule has 1 aromatic rings. The van der Waals surface area contributed by atoms with Gasteiger partial charge in [-0.3, -0.25) is 4.68 Å². The minimum atomic E-state index is -3.49. The van der Waals surface area contributed by atoms with Gasteiger partial charge >= 0.3 is 0 Å². The van der Waals surface area contributed by atoms with Crippen molar-refractivity contribution in [2.45, 2.75) is 31.7 Å². The lowest BCUT2D eigenvalue weighted by Crippen LogP contribution is -2.47. The number of piperazine rings is 1. The summed E-state index contributed by atoms with van der Waals surface area (Å²) in [5.74, 6) is 0. The zero-order chi connectivity index (χ0) is 15.6. The number of hydrogen-bond acceptors (Lipinski definition) is 5. The van der Waals surface area contributed by atoms with Crippen molar-refractivity contribution in [2.75, 3.05) is 39.8 Å². The molecule has 0 atom stereocenters. The normalized spacial score (nSPS) is 18.3. The third kappa shape index (κ3) is 3.28. The molecule has 21 heavy (non-hydrogen) atoms. The van der Waals surface area contributed by atoms with Gasteiger partial charge < -0.3 is 10.0 Å². The summed E-state index contributed by atoms with van der Waals surface area (Å²) in [5, 5.41) is 13.2. The fraction of sp³-hybridized carbons (Fsp3) is 0.769. The molecule has 1 N–H and O–H groups in total. The summed E-state index contributed by atoms with van der Waals surface area (Å²) in [6.45, 7) is 6.62. The summed E-state index contributed by atoms with van der Waals surface area (Å²) < 4.78 is 28.9. The number of aliphatic hydroxyl groups is 1. The summed E-state index contributed by atoms with van der Waals surface area (Å²) in [7, 11) is -1.50. The van der Waals surface area contributed by atoms with Gasteiger partial charge in [0.1, 0.15) is 4.90 Å². The lowest BCUT2D eigenvalue weighted by atomic mass is 10.4. The highest BCUT2D eigenvalue weighted by Crippen LogP contribution is 2.24. The maximum atomic E-state index is 12.8. The van der Waals surface area contributed by atoms with Crippen LogP contribution in [0.1, 0.15) is 17.8 Å². The van der Waals surface area contributed by atoms with Crippen molar-refractivity contribution in [3.8, 4) is 0 Å². The first-order valence-corrected chi connectivity index (χ1v) is 8.65. The molecule has 0 amide bonds. The van der Waals surface area contributed by atoms with Gasteiger partial charge in [0.15, 0.2) is 0 Å². The zero-order valence-corrected chi connectivity index (χ0v) is 13.7.